The van der Waals surface area contributed by atoms with Crippen molar-refractivity contribution < 1.29 is 9.21 Å². The molecular weight excluding hydrogens is 216 g/mol. The Balaban J connectivity index is 1.70. The number of carbonyl (C=O) groups is 1. The number of carbonyl (C=O) groups excluding carboxylic acids is 1. The first-order valence-corrected chi connectivity index (χ1v) is 6.31. The molecule has 0 spiro atoms. The van der Waals surface area contributed by atoms with Crippen LogP contribution in [0.2, 0.25) is 0 Å². The summed E-state index contributed by atoms with van der Waals surface area (Å²) in [5, 5.41) is 3.59. The van der Waals surface area contributed by atoms with E-state index >= 15 is 0 Å². The molecule has 17 heavy (non-hydrogen) atoms. The molecule has 1 aromatic heterocycles. The molecule has 1 amide bonds. The lowest BCUT2D eigenvalue weighted by molar-refractivity contribution is 0.0649. The van der Waals surface area contributed by atoms with Gasteiger partial charge in [-0.15, -0.1) is 0 Å². The molecular formula is C13H18N2O2. The zero-order chi connectivity index (χ0) is 11.8. The number of fused-ring (bicyclic) bond motifs is 2. The molecule has 92 valence electrons. The molecule has 2 unspecified atom stereocenters. The Morgan fingerprint density at radius 1 is 1.41 bits per heavy atom. The molecule has 1 aromatic rings. The maximum absolute atomic E-state index is 12.2. The fraction of sp³-hybridized carbons (Fsp3) is 0.615. The molecule has 4 heteroatoms. The van der Waals surface area contributed by atoms with Gasteiger partial charge in [0.2, 0.25) is 0 Å². The van der Waals surface area contributed by atoms with Crippen LogP contribution in [0.3, 0.4) is 0 Å². The third-order valence-electron chi connectivity index (χ3n) is 4.05. The van der Waals surface area contributed by atoms with Crippen LogP contribution in [0.5, 0.6) is 0 Å². The first-order valence-electron chi connectivity index (χ1n) is 6.31. The predicted octanol–water partition coefficient (Wildman–Crippen LogP) is 1.63. The van der Waals surface area contributed by atoms with Gasteiger partial charge in [-0.25, -0.2) is 0 Å². The normalized spacial score (nSPS) is 31.5. The van der Waals surface area contributed by atoms with E-state index in [1.807, 2.05) is 11.9 Å². The van der Waals surface area contributed by atoms with E-state index in [0.29, 0.717) is 23.9 Å². The minimum atomic E-state index is 0.00120. The minimum absolute atomic E-state index is 0.00120. The summed E-state index contributed by atoms with van der Waals surface area (Å²) in [6.45, 7) is 0. The summed E-state index contributed by atoms with van der Waals surface area (Å²) in [7, 11) is 1.89. The molecule has 4 nitrogen and oxygen atoms in total. The smallest absolute Gasteiger partial charge is 0.289 e. The highest BCUT2D eigenvalue weighted by atomic mass is 16.3. The maximum atomic E-state index is 12.2. The topological polar surface area (TPSA) is 45.5 Å². The van der Waals surface area contributed by atoms with Crippen LogP contribution in [0.15, 0.2) is 22.8 Å². The lowest BCUT2D eigenvalue weighted by Crippen LogP contribution is -2.48. The lowest BCUT2D eigenvalue weighted by Gasteiger charge is -2.35. The number of rotatable bonds is 2. The average Bonchev–Trinajstić information content (AvgIpc) is 2.97. The standard InChI is InChI=1S/C13H18N2O2/c1-15(13(16)12-3-2-6-17-12)11-7-9-4-5-10(8-11)14-9/h2-3,6,9-11,14H,4-5,7-8H2,1H3. The van der Waals surface area contributed by atoms with Crippen molar-refractivity contribution in [1.82, 2.24) is 10.2 Å². The van der Waals surface area contributed by atoms with Crippen LogP contribution in [-0.4, -0.2) is 36.0 Å². The summed E-state index contributed by atoms with van der Waals surface area (Å²) in [5.41, 5.74) is 0. The summed E-state index contributed by atoms with van der Waals surface area (Å²) in [5.74, 6) is 0.444. The van der Waals surface area contributed by atoms with Crippen molar-refractivity contribution in [3.63, 3.8) is 0 Å². The van der Waals surface area contributed by atoms with Crippen molar-refractivity contribution in [3.8, 4) is 0 Å². The summed E-state index contributed by atoms with van der Waals surface area (Å²) < 4.78 is 5.17. The third kappa shape index (κ3) is 1.97. The Morgan fingerprint density at radius 2 is 2.12 bits per heavy atom. The van der Waals surface area contributed by atoms with Crippen molar-refractivity contribution in [3.05, 3.63) is 24.2 Å². The third-order valence-corrected chi connectivity index (χ3v) is 4.05. The molecule has 2 aliphatic heterocycles. The zero-order valence-corrected chi connectivity index (χ0v) is 10.1. The fourth-order valence-electron chi connectivity index (χ4n) is 3.08. The van der Waals surface area contributed by atoms with Gasteiger partial charge in [-0.3, -0.25) is 4.79 Å². The van der Waals surface area contributed by atoms with Gasteiger partial charge in [0.25, 0.3) is 5.91 Å². The first kappa shape index (κ1) is 10.8. The highest BCUT2D eigenvalue weighted by Gasteiger charge is 2.36. The monoisotopic (exact) mass is 234 g/mol. The predicted molar refractivity (Wildman–Crippen MR) is 63.8 cm³/mol. The molecule has 1 N–H and O–H groups in total. The van der Waals surface area contributed by atoms with E-state index in [-0.39, 0.29) is 5.91 Å². The van der Waals surface area contributed by atoms with E-state index in [2.05, 4.69) is 5.32 Å². The molecule has 2 bridgehead atoms. The van der Waals surface area contributed by atoms with Gasteiger partial charge in [-0.2, -0.15) is 0 Å². The molecule has 3 rings (SSSR count). The second-order valence-corrected chi connectivity index (χ2v) is 5.16. The van der Waals surface area contributed by atoms with Crippen LogP contribution in [0.1, 0.15) is 36.2 Å². The number of nitrogens with one attached hydrogen (secondary N) is 1. The molecule has 0 aliphatic carbocycles. The summed E-state index contributed by atoms with van der Waals surface area (Å²) >= 11 is 0. The van der Waals surface area contributed by atoms with Crippen molar-refractivity contribution in [1.29, 1.82) is 0 Å². The van der Waals surface area contributed by atoms with E-state index in [1.165, 1.54) is 12.8 Å². The number of hydrogen-bond donors (Lipinski definition) is 1. The number of amides is 1. The van der Waals surface area contributed by atoms with Gasteiger partial charge in [0.05, 0.1) is 6.26 Å². The van der Waals surface area contributed by atoms with E-state index in [4.69, 9.17) is 4.42 Å². The molecule has 0 aromatic carbocycles. The van der Waals surface area contributed by atoms with E-state index in [9.17, 15) is 4.79 Å². The SMILES string of the molecule is CN(C(=O)c1ccco1)C1CC2CCC(C1)N2. The number of nitrogens with zero attached hydrogens (tertiary/aromatic N) is 1. The number of hydrogen-bond acceptors (Lipinski definition) is 3. The zero-order valence-electron chi connectivity index (χ0n) is 10.1. The lowest BCUT2D eigenvalue weighted by atomic mass is 9.98. The molecule has 2 atom stereocenters. The molecule has 2 aliphatic rings. The van der Waals surface area contributed by atoms with Crippen LogP contribution in [-0.2, 0) is 0 Å². The van der Waals surface area contributed by atoms with Crippen LogP contribution in [0, 0.1) is 0 Å². The Morgan fingerprint density at radius 3 is 2.71 bits per heavy atom. The Labute approximate surface area is 101 Å². The van der Waals surface area contributed by atoms with Gasteiger partial charge < -0.3 is 14.6 Å². The molecule has 3 heterocycles. The molecule has 2 fully saturated rings. The Bertz CT molecular complexity index is 390. The van der Waals surface area contributed by atoms with Crippen LogP contribution in [0.4, 0.5) is 0 Å². The fourth-order valence-corrected chi connectivity index (χ4v) is 3.08. The van der Waals surface area contributed by atoms with Gasteiger partial charge in [-0.1, -0.05) is 0 Å². The number of piperidine rings is 1. The van der Waals surface area contributed by atoms with Crippen molar-refractivity contribution in [2.24, 2.45) is 0 Å². The number of furan rings is 1. The average molecular weight is 234 g/mol. The molecule has 0 saturated carbocycles. The summed E-state index contributed by atoms with van der Waals surface area (Å²) in [4.78, 5) is 14.0. The first-order chi connectivity index (χ1) is 8.24. The summed E-state index contributed by atoms with van der Waals surface area (Å²) in [6, 6.07) is 5.05. The molecule has 2 saturated heterocycles. The van der Waals surface area contributed by atoms with E-state index in [0.717, 1.165) is 12.8 Å². The highest BCUT2D eigenvalue weighted by Crippen LogP contribution is 2.29. The van der Waals surface area contributed by atoms with Crippen LogP contribution >= 0.6 is 0 Å². The van der Waals surface area contributed by atoms with E-state index < -0.39 is 0 Å². The maximum Gasteiger partial charge on any atom is 0.289 e. The van der Waals surface area contributed by atoms with Gasteiger partial charge >= 0.3 is 0 Å². The largest absolute Gasteiger partial charge is 0.459 e. The summed E-state index contributed by atoms with van der Waals surface area (Å²) in [6.07, 6.45) is 6.19. The highest BCUT2D eigenvalue weighted by molar-refractivity contribution is 5.91. The van der Waals surface area contributed by atoms with Crippen molar-refractivity contribution >= 4 is 5.91 Å². The second kappa shape index (κ2) is 4.18. The van der Waals surface area contributed by atoms with Gasteiger partial charge in [0, 0.05) is 25.2 Å². The second-order valence-electron chi connectivity index (χ2n) is 5.16. The van der Waals surface area contributed by atoms with Crippen LogP contribution < -0.4 is 5.32 Å². The van der Waals surface area contributed by atoms with Crippen LogP contribution in [0.25, 0.3) is 0 Å². The quantitative estimate of drug-likeness (QED) is 0.846. The Hall–Kier alpha value is -1.29. The molecule has 0 radical (unpaired) electrons. The van der Waals surface area contributed by atoms with Gasteiger partial charge in [0.15, 0.2) is 5.76 Å². The van der Waals surface area contributed by atoms with Crippen molar-refractivity contribution in [2.75, 3.05) is 7.05 Å². The van der Waals surface area contributed by atoms with Gasteiger partial charge in [0.1, 0.15) is 0 Å². The Kier molecular flexibility index (Phi) is 2.67. The minimum Gasteiger partial charge on any atom is -0.459 e. The van der Waals surface area contributed by atoms with E-state index in [1.54, 1.807) is 18.4 Å². The van der Waals surface area contributed by atoms with Gasteiger partial charge in [-0.05, 0) is 37.8 Å². The van der Waals surface area contributed by atoms with Crippen molar-refractivity contribution in [2.45, 2.75) is 43.8 Å².